The molecule has 2 aromatic rings. The summed E-state index contributed by atoms with van der Waals surface area (Å²) in [5.41, 5.74) is 4.56. The van der Waals surface area contributed by atoms with E-state index in [0.717, 1.165) is 22.4 Å². The van der Waals surface area contributed by atoms with Crippen molar-refractivity contribution >= 4 is 28.8 Å². The third kappa shape index (κ3) is 2.69. The third-order valence-electron chi connectivity index (χ3n) is 4.61. The molecule has 0 atom stereocenters. The van der Waals surface area contributed by atoms with Crippen molar-refractivity contribution in [1.29, 1.82) is 0 Å². The third-order valence-corrected chi connectivity index (χ3v) is 4.84. The highest BCUT2D eigenvalue weighted by atomic mass is 35.5. The molecular weight excluding hydrogens is 353 g/mol. The zero-order valence-electron chi connectivity index (χ0n) is 14.5. The SMILES string of the molecule is COC1=NCN(C)C2=C1c1ccc(Cl)cc1C(c1ccccc1F)=NC2. The monoisotopic (exact) mass is 369 g/mol. The number of aliphatic imine (C=N–C) groups is 2. The van der Waals surface area contributed by atoms with Crippen LogP contribution in [0.4, 0.5) is 4.39 Å². The molecule has 4 nitrogen and oxygen atoms in total. The Morgan fingerprint density at radius 3 is 2.65 bits per heavy atom. The van der Waals surface area contributed by atoms with Gasteiger partial charge >= 0.3 is 0 Å². The lowest BCUT2D eigenvalue weighted by Crippen LogP contribution is -2.28. The molecule has 2 aromatic carbocycles. The lowest BCUT2D eigenvalue weighted by atomic mass is 9.92. The second kappa shape index (κ2) is 6.57. The van der Waals surface area contributed by atoms with E-state index >= 15 is 0 Å². The number of likely N-dealkylation sites (N-methyl/N-ethyl adjacent to an activating group) is 1. The average Bonchev–Trinajstić information content (AvgIpc) is 2.80. The van der Waals surface area contributed by atoms with Gasteiger partial charge < -0.3 is 9.64 Å². The van der Waals surface area contributed by atoms with Gasteiger partial charge in [-0.1, -0.05) is 29.8 Å². The first-order valence-corrected chi connectivity index (χ1v) is 8.60. The molecule has 6 heteroatoms. The molecule has 0 unspecified atom stereocenters. The largest absolute Gasteiger partial charge is 0.481 e. The van der Waals surface area contributed by atoms with Crippen LogP contribution in [-0.2, 0) is 4.74 Å². The lowest BCUT2D eigenvalue weighted by molar-refractivity contribution is 0.373. The Balaban J connectivity index is 1.99. The Labute approximate surface area is 156 Å². The molecule has 0 radical (unpaired) electrons. The second-order valence-electron chi connectivity index (χ2n) is 6.16. The quantitative estimate of drug-likeness (QED) is 0.762. The number of halogens is 2. The van der Waals surface area contributed by atoms with Crippen LogP contribution in [-0.4, -0.2) is 43.9 Å². The van der Waals surface area contributed by atoms with Crippen LogP contribution in [0.2, 0.25) is 5.02 Å². The van der Waals surface area contributed by atoms with Gasteiger partial charge in [0.15, 0.2) is 0 Å². The Hall–Kier alpha value is -2.66. The van der Waals surface area contributed by atoms with E-state index in [0.29, 0.717) is 35.4 Å². The molecule has 2 heterocycles. The van der Waals surface area contributed by atoms with Crippen LogP contribution in [0.3, 0.4) is 0 Å². The van der Waals surface area contributed by atoms with E-state index in [4.69, 9.17) is 21.3 Å². The molecule has 0 amide bonds. The zero-order valence-corrected chi connectivity index (χ0v) is 15.2. The van der Waals surface area contributed by atoms with Gasteiger partial charge in [0.2, 0.25) is 5.90 Å². The van der Waals surface area contributed by atoms with Crippen LogP contribution in [0.5, 0.6) is 0 Å². The van der Waals surface area contributed by atoms with Crippen LogP contribution in [0.1, 0.15) is 16.7 Å². The van der Waals surface area contributed by atoms with E-state index in [1.807, 2.05) is 30.1 Å². The minimum absolute atomic E-state index is 0.314. The highest BCUT2D eigenvalue weighted by molar-refractivity contribution is 6.32. The van der Waals surface area contributed by atoms with Gasteiger partial charge in [0.05, 0.1) is 24.9 Å². The normalized spacial score (nSPS) is 16.4. The van der Waals surface area contributed by atoms with Crippen molar-refractivity contribution < 1.29 is 9.13 Å². The summed E-state index contributed by atoms with van der Waals surface area (Å²) < 4.78 is 20.0. The van der Waals surface area contributed by atoms with Crippen LogP contribution in [0.25, 0.3) is 5.57 Å². The molecule has 0 saturated carbocycles. The molecule has 0 saturated heterocycles. The van der Waals surface area contributed by atoms with Crippen LogP contribution in [0.15, 0.2) is 58.1 Å². The van der Waals surface area contributed by atoms with Crippen molar-refractivity contribution in [3.63, 3.8) is 0 Å². The topological polar surface area (TPSA) is 37.2 Å². The van der Waals surface area contributed by atoms with E-state index in [-0.39, 0.29) is 5.82 Å². The van der Waals surface area contributed by atoms with Gasteiger partial charge in [-0.25, -0.2) is 9.38 Å². The molecule has 2 aliphatic heterocycles. The van der Waals surface area contributed by atoms with E-state index < -0.39 is 0 Å². The van der Waals surface area contributed by atoms with E-state index in [2.05, 4.69) is 4.99 Å². The van der Waals surface area contributed by atoms with Gasteiger partial charge in [0.1, 0.15) is 12.5 Å². The minimum atomic E-state index is -0.314. The maximum absolute atomic E-state index is 14.5. The molecule has 132 valence electrons. The Bertz CT molecular complexity index is 981. The van der Waals surface area contributed by atoms with Gasteiger partial charge in [0, 0.05) is 28.9 Å². The van der Waals surface area contributed by atoms with Crippen molar-refractivity contribution in [3.05, 3.63) is 75.7 Å². The van der Waals surface area contributed by atoms with E-state index in [9.17, 15) is 4.39 Å². The summed E-state index contributed by atoms with van der Waals surface area (Å²) in [5.74, 6) is 0.248. The molecule has 0 spiro atoms. The van der Waals surface area contributed by atoms with Crippen molar-refractivity contribution in [3.8, 4) is 0 Å². The van der Waals surface area contributed by atoms with Crippen LogP contribution >= 0.6 is 11.6 Å². The number of benzene rings is 2. The predicted molar refractivity (Wildman–Crippen MR) is 102 cm³/mol. The smallest absolute Gasteiger partial charge is 0.220 e. The van der Waals surface area contributed by atoms with Crippen LogP contribution < -0.4 is 0 Å². The summed E-state index contributed by atoms with van der Waals surface area (Å²) in [7, 11) is 3.57. The number of ether oxygens (including phenoxy) is 1. The molecule has 0 fully saturated rings. The molecule has 2 aliphatic rings. The maximum atomic E-state index is 14.5. The molecule has 26 heavy (non-hydrogen) atoms. The number of hydrogen-bond acceptors (Lipinski definition) is 4. The summed E-state index contributed by atoms with van der Waals surface area (Å²) in [5, 5.41) is 0.567. The maximum Gasteiger partial charge on any atom is 0.220 e. The van der Waals surface area contributed by atoms with Gasteiger partial charge in [-0.2, -0.15) is 0 Å². The first kappa shape index (κ1) is 16.8. The van der Waals surface area contributed by atoms with Gasteiger partial charge in [-0.05, 0) is 29.8 Å². The van der Waals surface area contributed by atoms with Crippen LogP contribution in [0, 0.1) is 5.82 Å². The number of methoxy groups -OCH3 is 1. The van der Waals surface area contributed by atoms with E-state index in [1.165, 1.54) is 6.07 Å². The molecular formula is C20H17ClFN3O. The second-order valence-corrected chi connectivity index (χ2v) is 6.60. The fourth-order valence-corrected chi connectivity index (χ4v) is 3.51. The fraction of sp³-hybridized carbons (Fsp3) is 0.200. The zero-order chi connectivity index (χ0) is 18.3. The Kier molecular flexibility index (Phi) is 4.24. The standard InChI is InChI=1S/C20H17ClFN3O/c1-25-11-24-20(26-2)18-13-8-7-12(21)9-15(13)19(23-10-17(18)25)14-5-3-4-6-16(14)22/h3-9H,10-11H2,1-2H3. The Morgan fingerprint density at radius 1 is 1.08 bits per heavy atom. The molecule has 0 bridgehead atoms. The summed E-state index contributed by atoms with van der Waals surface area (Å²) in [6, 6.07) is 12.2. The molecule has 4 rings (SSSR count). The molecule has 0 aromatic heterocycles. The Morgan fingerprint density at radius 2 is 1.88 bits per heavy atom. The van der Waals surface area contributed by atoms with Gasteiger partial charge in [-0.15, -0.1) is 0 Å². The van der Waals surface area contributed by atoms with Gasteiger partial charge in [-0.3, -0.25) is 4.99 Å². The molecule has 0 N–H and O–H groups in total. The molecule has 0 aliphatic carbocycles. The first-order valence-electron chi connectivity index (χ1n) is 8.23. The number of rotatable bonds is 1. The lowest BCUT2D eigenvalue weighted by Gasteiger charge is -2.28. The summed E-state index contributed by atoms with van der Waals surface area (Å²) in [6.45, 7) is 0.902. The summed E-state index contributed by atoms with van der Waals surface area (Å²) in [4.78, 5) is 11.3. The fourth-order valence-electron chi connectivity index (χ4n) is 3.34. The number of fused-ring (bicyclic) bond motifs is 2. The van der Waals surface area contributed by atoms with Gasteiger partial charge in [0.25, 0.3) is 0 Å². The minimum Gasteiger partial charge on any atom is -0.481 e. The number of nitrogens with zero attached hydrogens (tertiary/aromatic N) is 3. The predicted octanol–water partition coefficient (Wildman–Crippen LogP) is 3.99. The first-order chi connectivity index (χ1) is 12.6. The highest BCUT2D eigenvalue weighted by Crippen LogP contribution is 2.34. The average molecular weight is 370 g/mol. The number of hydrogen-bond donors (Lipinski definition) is 0. The van der Waals surface area contributed by atoms with E-state index in [1.54, 1.807) is 25.3 Å². The summed E-state index contributed by atoms with van der Waals surface area (Å²) >= 11 is 6.26. The van der Waals surface area contributed by atoms with Crippen molar-refractivity contribution in [1.82, 2.24) is 4.90 Å². The van der Waals surface area contributed by atoms with Crippen molar-refractivity contribution in [2.45, 2.75) is 0 Å². The van der Waals surface area contributed by atoms with Crippen molar-refractivity contribution in [2.24, 2.45) is 9.98 Å². The van der Waals surface area contributed by atoms with Crippen molar-refractivity contribution in [2.75, 3.05) is 27.4 Å². The highest BCUT2D eigenvalue weighted by Gasteiger charge is 2.29. The summed E-state index contributed by atoms with van der Waals surface area (Å²) in [6.07, 6.45) is 0.